The fraction of sp³-hybridized carbons (Fsp3) is 0. The average Bonchev–Trinajstić information content (AvgIpc) is 2.83. The van der Waals surface area contributed by atoms with Crippen molar-refractivity contribution in [2.45, 2.75) is 0 Å². The number of halogens is 2. The Morgan fingerprint density at radius 3 is 0.625 bits per heavy atom. The highest BCUT2D eigenvalue weighted by Crippen LogP contribution is 2.07. The van der Waals surface area contributed by atoms with Crippen LogP contribution >= 0.6 is 0 Å². The van der Waals surface area contributed by atoms with Crippen LogP contribution in [0.4, 0.5) is 8.78 Å². The van der Waals surface area contributed by atoms with Crippen molar-refractivity contribution in [3.05, 3.63) is 142 Å². The Balaban J connectivity index is 1.40. The quantitative estimate of drug-likeness (QED) is 0.302. The van der Waals surface area contributed by atoms with Gasteiger partial charge < -0.3 is 0 Å². The van der Waals surface area contributed by atoms with Crippen LogP contribution in [0.25, 0.3) is 0 Å². The Hall–Kier alpha value is -4.58. The zero-order chi connectivity index (χ0) is 22.2. The fourth-order valence-electron chi connectivity index (χ4n) is 2.77. The van der Waals surface area contributed by atoms with Crippen LogP contribution in [0.15, 0.2) is 97.1 Å². The molecule has 0 spiro atoms. The standard InChI is InChI=1S/C30H16F2/c31-29-19-15-27(16-20-29)13-11-25-7-3-23(4-8-25)1-2-24-5-9-26(10-6-24)12-14-28-17-21-30(32)22-18-28/h3-10,15-22H. The first-order valence-corrected chi connectivity index (χ1v) is 9.91. The molecule has 0 amide bonds. The van der Waals surface area contributed by atoms with Crippen molar-refractivity contribution in [1.29, 1.82) is 0 Å². The first-order valence-electron chi connectivity index (χ1n) is 9.91. The summed E-state index contributed by atoms with van der Waals surface area (Å²) in [4.78, 5) is 0. The molecule has 4 aromatic rings. The molecule has 0 N–H and O–H groups in total. The lowest BCUT2D eigenvalue weighted by Crippen LogP contribution is -1.81. The summed E-state index contributed by atoms with van der Waals surface area (Å²) < 4.78 is 25.9. The summed E-state index contributed by atoms with van der Waals surface area (Å²) in [6.45, 7) is 0. The van der Waals surface area contributed by atoms with E-state index in [4.69, 9.17) is 0 Å². The van der Waals surface area contributed by atoms with E-state index in [0.29, 0.717) is 0 Å². The summed E-state index contributed by atoms with van der Waals surface area (Å²) in [6, 6.07) is 27.5. The Labute approximate surface area is 186 Å². The smallest absolute Gasteiger partial charge is 0.123 e. The van der Waals surface area contributed by atoms with E-state index in [1.165, 1.54) is 24.3 Å². The maximum absolute atomic E-state index is 12.9. The molecule has 4 aromatic carbocycles. The summed E-state index contributed by atoms with van der Waals surface area (Å²) in [6.07, 6.45) is 0. The van der Waals surface area contributed by atoms with Crippen LogP contribution in [0.5, 0.6) is 0 Å². The minimum atomic E-state index is -0.272. The normalized spacial score (nSPS) is 9.44. The van der Waals surface area contributed by atoms with Crippen molar-refractivity contribution in [3.63, 3.8) is 0 Å². The molecular formula is C30H16F2. The second kappa shape index (κ2) is 9.95. The van der Waals surface area contributed by atoms with Gasteiger partial charge in [-0.1, -0.05) is 35.5 Å². The van der Waals surface area contributed by atoms with E-state index in [0.717, 1.165) is 33.4 Å². The second-order valence-electron chi connectivity index (χ2n) is 6.92. The summed E-state index contributed by atoms with van der Waals surface area (Å²) in [5.41, 5.74) is 5.03. The zero-order valence-corrected chi connectivity index (χ0v) is 17.0. The van der Waals surface area contributed by atoms with Crippen molar-refractivity contribution in [3.8, 4) is 35.5 Å². The lowest BCUT2D eigenvalue weighted by Gasteiger charge is -1.94. The van der Waals surface area contributed by atoms with Crippen molar-refractivity contribution < 1.29 is 8.78 Å². The van der Waals surface area contributed by atoms with E-state index < -0.39 is 0 Å². The highest BCUT2D eigenvalue weighted by molar-refractivity contribution is 5.49. The van der Waals surface area contributed by atoms with Gasteiger partial charge in [0.05, 0.1) is 0 Å². The van der Waals surface area contributed by atoms with Gasteiger partial charge in [0.1, 0.15) is 11.6 Å². The van der Waals surface area contributed by atoms with Gasteiger partial charge in [-0.2, -0.15) is 0 Å². The molecule has 0 heterocycles. The SMILES string of the molecule is Fc1ccc(C#Cc2ccc(C#Cc3ccc(C#Cc4ccc(F)cc4)cc3)cc2)cc1. The lowest BCUT2D eigenvalue weighted by atomic mass is 10.1. The van der Waals surface area contributed by atoms with Gasteiger partial charge in [-0.15, -0.1) is 0 Å². The molecular weight excluding hydrogens is 398 g/mol. The molecule has 0 bridgehead atoms. The van der Waals surface area contributed by atoms with Crippen LogP contribution in [0, 0.1) is 47.2 Å². The van der Waals surface area contributed by atoms with Gasteiger partial charge in [0, 0.05) is 33.4 Å². The summed E-state index contributed by atoms with van der Waals surface area (Å²) >= 11 is 0. The van der Waals surface area contributed by atoms with Crippen LogP contribution in [0.1, 0.15) is 33.4 Å². The molecule has 0 aromatic heterocycles. The molecule has 0 aliphatic carbocycles. The number of hydrogen-bond acceptors (Lipinski definition) is 0. The first kappa shape index (κ1) is 20.7. The van der Waals surface area contributed by atoms with Gasteiger partial charge in [0.15, 0.2) is 0 Å². The third-order valence-electron chi connectivity index (χ3n) is 4.51. The van der Waals surface area contributed by atoms with E-state index in [2.05, 4.69) is 35.5 Å². The fourth-order valence-corrected chi connectivity index (χ4v) is 2.77. The third kappa shape index (κ3) is 5.96. The molecule has 32 heavy (non-hydrogen) atoms. The third-order valence-corrected chi connectivity index (χ3v) is 4.51. The second-order valence-corrected chi connectivity index (χ2v) is 6.92. The number of benzene rings is 4. The van der Waals surface area contributed by atoms with Gasteiger partial charge in [0.2, 0.25) is 0 Å². The van der Waals surface area contributed by atoms with Crippen molar-refractivity contribution >= 4 is 0 Å². The van der Waals surface area contributed by atoms with Crippen molar-refractivity contribution in [1.82, 2.24) is 0 Å². The van der Waals surface area contributed by atoms with E-state index in [9.17, 15) is 8.78 Å². The Kier molecular flexibility index (Phi) is 6.43. The largest absolute Gasteiger partial charge is 0.207 e. The minimum absolute atomic E-state index is 0.272. The summed E-state index contributed by atoms with van der Waals surface area (Å²) in [5.74, 6) is 17.9. The van der Waals surface area contributed by atoms with E-state index in [1.54, 1.807) is 24.3 Å². The van der Waals surface area contributed by atoms with Crippen molar-refractivity contribution in [2.75, 3.05) is 0 Å². The Morgan fingerprint density at radius 1 is 0.281 bits per heavy atom. The van der Waals surface area contributed by atoms with Gasteiger partial charge in [-0.25, -0.2) is 8.78 Å². The molecule has 0 aliphatic rings. The van der Waals surface area contributed by atoms with Crippen LogP contribution in [0.2, 0.25) is 0 Å². The molecule has 0 saturated carbocycles. The summed E-state index contributed by atoms with van der Waals surface area (Å²) in [7, 11) is 0. The molecule has 0 fully saturated rings. The van der Waals surface area contributed by atoms with E-state index in [-0.39, 0.29) is 11.6 Å². The van der Waals surface area contributed by atoms with Gasteiger partial charge in [0.25, 0.3) is 0 Å². The van der Waals surface area contributed by atoms with Gasteiger partial charge >= 0.3 is 0 Å². The Bertz CT molecular complexity index is 1280. The van der Waals surface area contributed by atoms with Crippen LogP contribution in [0.3, 0.4) is 0 Å². The highest BCUT2D eigenvalue weighted by atomic mass is 19.1. The average molecular weight is 414 g/mol. The zero-order valence-electron chi connectivity index (χ0n) is 17.0. The van der Waals surface area contributed by atoms with Crippen LogP contribution in [-0.2, 0) is 0 Å². The first-order chi connectivity index (χ1) is 15.6. The van der Waals surface area contributed by atoms with Crippen molar-refractivity contribution in [2.24, 2.45) is 0 Å². The maximum Gasteiger partial charge on any atom is 0.123 e. The molecule has 0 nitrogen and oxygen atoms in total. The van der Waals surface area contributed by atoms with Crippen LogP contribution < -0.4 is 0 Å². The monoisotopic (exact) mass is 414 g/mol. The molecule has 0 saturated heterocycles. The number of hydrogen-bond donors (Lipinski definition) is 0. The minimum Gasteiger partial charge on any atom is -0.207 e. The predicted molar refractivity (Wildman–Crippen MR) is 124 cm³/mol. The molecule has 2 heteroatoms. The molecule has 0 aliphatic heterocycles. The van der Waals surface area contributed by atoms with E-state index in [1.807, 2.05) is 48.5 Å². The lowest BCUT2D eigenvalue weighted by molar-refractivity contribution is 0.627. The molecule has 0 unspecified atom stereocenters. The Morgan fingerprint density at radius 2 is 0.438 bits per heavy atom. The molecule has 150 valence electrons. The summed E-state index contributed by atoms with van der Waals surface area (Å²) in [5, 5.41) is 0. The molecule has 0 atom stereocenters. The van der Waals surface area contributed by atoms with Crippen LogP contribution in [-0.4, -0.2) is 0 Å². The molecule has 0 radical (unpaired) electrons. The van der Waals surface area contributed by atoms with E-state index >= 15 is 0 Å². The molecule has 4 rings (SSSR count). The maximum atomic E-state index is 12.9. The van der Waals surface area contributed by atoms with Gasteiger partial charge in [-0.05, 0) is 97.1 Å². The predicted octanol–water partition coefficient (Wildman–Crippen LogP) is 6.16. The topological polar surface area (TPSA) is 0 Å². The van der Waals surface area contributed by atoms with Gasteiger partial charge in [-0.3, -0.25) is 0 Å². The highest BCUT2D eigenvalue weighted by Gasteiger charge is 1.93. The number of rotatable bonds is 0.